The zero-order chi connectivity index (χ0) is 12.1. The summed E-state index contributed by atoms with van der Waals surface area (Å²) in [7, 11) is 1.77. The molecule has 0 aliphatic heterocycles. The molecule has 1 atom stereocenters. The molecule has 2 N–H and O–H groups in total. The second-order valence-electron chi connectivity index (χ2n) is 3.96. The van der Waals surface area contributed by atoms with Crippen molar-refractivity contribution in [3.05, 3.63) is 17.5 Å². The van der Waals surface area contributed by atoms with E-state index in [0.29, 0.717) is 12.2 Å². The average Bonchev–Trinajstić information content (AvgIpc) is 2.55. The topological polar surface area (TPSA) is 58.9 Å². The van der Waals surface area contributed by atoms with Gasteiger partial charge in [0.1, 0.15) is 5.69 Å². The Morgan fingerprint density at radius 3 is 2.81 bits per heavy atom. The maximum Gasteiger partial charge on any atom is 0.269 e. The summed E-state index contributed by atoms with van der Waals surface area (Å²) in [5.41, 5.74) is 1.45. The Hall–Kier alpha value is -1.36. The fraction of sp³-hybridized carbons (Fsp3) is 0.636. The first-order chi connectivity index (χ1) is 7.54. The van der Waals surface area contributed by atoms with Crippen LogP contribution >= 0.6 is 0 Å². The Morgan fingerprint density at radius 1 is 1.62 bits per heavy atom. The van der Waals surface area contributed by atoms with Gasteiger partial charge in [-0.25, -0.2) is 0 Å². The quantitative estimate of drug-likeness (QED) is 0.763. The van der Waals surface area contributed by atoms with Gasteiger partial charge in [-0.15, -0.1) is 0 Å². The van der Waals surface area contributed by atoms with Gasteiger partial charge in [0.15, 0.2) is 0 Å². The highest BCUT2D eigenvalue weighted by Gasteiger charge is 2.11. The monoisotopic (exact) mass is 224 g/mol. The van der Waals surface area contributed by atoms with E-state index in [1.54, 1.807) is 17.8 Å². The van der Waals surface area contributed by atoms with Gasteiger partial charge in [-0.2, -0.15) is 5.10 Å². The number of nitrogens with one attached hydrogen (secondary N) is 2. The largest absolute Gasteiger partial charge is 0.349 e. The van der Waals surface area contributed by atoms with Crippen molar-refractivity contribution in [3.63, 3.8) is 0 Å². The molecule has 1 aromatic heterocycles. The number of rotatable bonds is 5. The number of carbonyl (C=O) groups excluding carboxylic acids is 1. The number of hydrogen-bond donors (Lipinski definition) is 2. The van der Waals surface area contributed by atoms with Crippen LogP contribution < -0.4 is 10.6 Å². The van der Waals surface area contributed by atoms with E-state index in [0.717, 1.165) is 12.2 Å². The summed E-state index contributed by atoms with van der Waals surface area (Å²) in [6.45, 7) is 7.48. The zero-order valence-corrected chi connectivity index (χ0v) is 10.4. The first-order valence-electron chi connectivity index (χ1n) is 5.56. The van der Waals surface area contributed by atoms with Crippen molar-refractivity contribution in [1.29, 1.82) is 0 Å². The molecule has 0 saturated carbocycles. The molecule has 0 aliphatic rings. The van der Waals surface area contributed by atoms with Crippen LogP contribution in [0, 0.1) is 6.92 Å². The highest BCUT2D eigenvalue weighted by molar-refractivity contribution is 5.92. The molecule has 0 unspecified atom stereocenters. The van der Waals surface area contributed by atoms with Crippen LogP contribution in [0.25, 0.3) is 0 Å². The lowest BCUT2D eigenvalue weighted by Crippen LogP contribution is -2.39. The molecular weight excluding hydrogens is 204 g/mol. The van der Waals surface area contributed by atoms with Gasteiger partial charge in [0.2, 0.25) is 0 Å². The predicted molar refractivity (Wildman–Crippen MR) is 63.4 cm³/mol. The molecule has 5 nitrogen and oxygen atoms in total. The van der Waals surface area contributed by atoms with Gasteiger partial charge in [0.05, 0.1) is 5.69 Å². The second-order valence-corrected chi connectivity index (χ2v) is 3.96. The third-order valence-corrected chi connectivity index (χ3v) is 2.36. The molecule has 1 aromatic rings. The summed E-state index contributed by atoms with van der Waals surface area (Å²) in [6, 6.07) is 2.07. The third-order valence-electron chi connectivity index (χ3n) is 2.36. The molecule has 0 aliphatic carbocycles. The van der Waals surface area contributed by atoms with Gasteiger partial charge in [-0.3, -0.25) is 9.48 Å². The molecule has 0 spiro atoms. The lowest BCUT2D eigenvalue weighted by atomic mass is 10.3. The van der Waals surface area contributed by atoms with Crippen LogP contribution in [0.1, 0.15) is 30.0 Å². The van der Waals surface area contributed by atoms with Crippen LogP contribution in [0.2, 0.25) is 0 Å². The molecule has 1 heterocycles. The minimum atomic E-state index is -0.0761. The van der Waals surface area contributed by atoms with Gasteiger partial charge in [0, 0.05) is 19.6 Å². The number of aromatic nitrogens is 2. The Bertz CT molecular complexity index is 359. The van der Waals surface area contributed by atoms with Gasteiger partial charge >= 0.3 is 0 Å². The van der Waals surface area contributed by atoms with E-state index in [2.05, 4.69) is 15.7 Å². The minimum Gasteiger partial charge on any atom is -0.349 e. The molecule has 0 fully saturated rings. The Balaban J connectivity index is 2.50. The van der Waals surface area contributed by atoms with Gasteiger partial charge in [0.25, 0.3) is 5.91 Å². The van der Waals surface area contributed by atoms with Crippen molar-refractivity contribution in [1.82, 2.24) is 20.4 Å². The van der Waals surface area contributed by atoms with Crippen molar-refractivity contribution in [2.45, 2.75) is 26.8 Å². The molecular formula is C11H20N4O. The van der Waals surface area contributed by atoms with Crippen molar-refractivity contribution < 1.29 is 4.79 Å². The number of amides is 1. The molecule has 0 aromatic carbocycles. The summed E-state index contributed by atoms with van der Waals surface area (Å²) in [6.07, 6.45) is 0. The number of aryl methyl sites for hydroxylation is 2. The average molecular weight is 224 g/mol. The molecule has 90 valence electrons. The van der Waals surface area contributed by atoms with E-state index in [9.17, 15) is 4.79 Å². The molecule has 0 bridgehead atoms. The van der Waals surface area contributed by atoms with Crippen LogP contribution in [0.15, 0.2) is 6.07 Å². The van der Waals surface area contributed by atoms with Crippen LogP contribution in [0.4, 0.5) is 0 Å². The first kappa shape index (κ1) is 12.7. The SMILES string of the molecule is CCN[C@H](C)CNC(=O)c1cc(C)nn1C. The summed E-state index contributed by atoms with van der Waals surface area (Å²) >= 11 is 0. The molecule has 5 heteroatoms. The van der Waals surface area contributed by atoms with Gasteiger partial charge in [-0.1, -0.05) is 6.92 Å². The van der Waals surface area contributed by atoms with E-state index >= 15 is 0 Å². The summed E-state index contributed by atoms with van der Waals surface area (Å²) in [5.74, 6) is -0.0761. The molecule has 16 heavy (non-hydrogen) atoms. The lowest BCUT2D eigenvalue weighted by molar-refractivity contribution is 0.0941. The molecule has 1 amide bonds. The highest BCUT2D eigenvalue weighted by Crippen LogP contribution is 2.01. The summed E-state index contributed by atoms with van der Waals surface area (Å²) < 4.78 is 1.60. The van der Waals surface area contributed by atoms with E-state index in [1.165, 1.54) is 0 Å². The second kappa shape index (κ2) is 5.65. The first-order valence-corrected chi connectivity index (χ1v) is 5.56. The standard InChI is InChI=1S/C11H20N4O/c1-5-12-9(3)7-13-11(16)10-6-8(2)14-15(10)4/h6,9,12H,5,7H2,1-4H3,(H,13,16)/t9-/m1/s1. The van der Waals surface area contributed by atoms with Crippen LogP contribution in [0.3, 0.4) is 0 Å². The molecule has 1 rings (SSSR count). The maximum atomic E-state index is 11.8. The lowest BCUT2D eigenvalue weighted by Gasteiger charge is -2.12. The van der Waals surface area contributed by atoms with Crippen LogP contribution in [-0.2, 0) is 7.05 Å². The Kier molecular flexibility index (Phi) is 4.49. The smallest absolute Gasteiger partial charge is 0.269 e. The van der Waals surface area contributed by atoms with E-state index in [4.69, 9.17) is 0 Å². The fourth-order valence-electron chi connectivity index (χ4n) is 1.58. The fourth-order valence-corrected chi connectivity index (χ4v) is 1.58. The van der Waals surface area contributed by atoms with Crippen molar-refractivity contribution in [2.24, 2.45) is 7.05 Å². The summed E-state index contributed by atoms with van der Waals surface area (Å²) in [4.78, 5) is 11.8. The van der Waals surface area contributed by atoms with Crippen LogP contribution in [-0.4, -0.2) is 34.8 Å². The zero-order valence-electron chi connectivity index (χ0n) is 10.4. The highest BCUT2D eigenvalue weighted by atomic mass is 16.2. The van der Waals surface area contributed by atoms with Crippen molar-refractivity contribution in [3.8, 4) is 0 Å². The van der Waals surface area contributed by atoms with Crippen LogP contribution in [0.5, 0.6) is 0 Å². The Labute approximate surface area is 96.2 Å². The number of hydrogen-bond acceptors (Lipinski definition) is 3. The van der Waals surface area contributed by atoms with Gasteiger partial charge in [-0.05, 0) is 26.5 Å². The minimum absolute atomic E-state index is 0.0761. The Morgan fingerprint density at radius 2 is 2.31 bits per heavy atom. The molecule has 0 saturated heterocycles. The predicted octanol–water partition coefficient (Wildman–Crippen LogP) is 0.456. The number of nitrogens with zero attached hydrogens (tertiary/aromatic N) is 2. The van der Waals surface area contributed by atoms with E-state index in [-0.39, 0.29) is 11.9 Å². The van der Waals surface area contributed by atoms with Crippen molar-refractivity contribution in [2.75, 3.05) is 13.1 Å². The maximum absolute atomic E-state index is 11.8. The normalized spacial score (nSPS) is 12.5. The van der Waals surface area contributed by atoms with E-state index < -0.39 is 0 Å². The molecule has 0 radical (unpaired) electrons. The number of carbonyl (C=O) groups is 1. The van der Waals surface area contributed by atoms with E-state index in [1.807, 2.05) is 20.8 Å². The van der Waals surface area contributed by atoms with Gasteiger partial charge < -0.3 is 10.6 Å². The third kappa shape index (κ3) is 3.34. The number of likely N-dealkylation sites (N-methyl/N-ethyl adjacent to an activating group) is 1. The summed E-state index contributed by atoms with van der Waals surface area (Å²) in [5, 5.41) is 10.2. The van der Waals surface area contributed by atoms with Crippen molar-refractivity contribution >= 4 is 5.91 Å².